The lowest BCUT2D eigenvalue weighted by Gasteiger charge is -2.11. The molecule has 1 atom stereocenters. The molecule has 0 saturated heterocycles. The zero-order chi connectivity index (χ0) is 5.21. The minimum absolute atomic E-state index is 0.104. The zero-order valence-corrected chi connectivity index (χ0v) is 3.81. The monoisotopic (exact) mass is 90.1 g/mol. The van der Waals surface area contributed by atoms with Crippen molar-refractivity contribution in [3.63, 3.8) is 0 Å². The van der Waals surface area contributed by atoms with Gasteiger partial charge in [-0.05, 0) is 6.92 Å². The van der Waals surface area contributed by atoms with Crippen molar-refractivity contribution in [1.29, 1.82) is 0 Å². The van der Waals surface area contributed by atoms with Crippen molar-refractivity contribution in [3.05, 3.63) is 0 Å². The summed E-state index contributed by atoms with van der Waals surface area (Å²) in [5, 5.41) is 8.48. The Labute approximate surface area is 36.9 Å². The Kier molecular flexibility index (Phi) is 1.52. The molecule has 0 aliphatic heterocycles. The van der Waals surface area contributed by atoms with E-state index in [1.54, 1.807) is 0 Å². The second kappa shape index (κ2) is 1.55. The molecule has 0 aromatic carbocycles. The predicted molar refractivity (Wildman–Crippen MR) is 23.9 cm³/mol. The lowest BCUT2D eigenvalue weighted by Crippen LogP contribution is -2.43. The molecule has 0 aromatic heterocycles. The van der Waals surface area contributed by atoms with Gasteiger partial charge in [0.05, 0.1) is 0 Å². The molecule has 0 amide bonds. The van der Waals surface area contributed by atoms with E-state index in [0.29, 0.717) is 0 Å². The number of hydrogen-bond donors (Lipinski definition) is 3. The van der Waals surface area contributed by atoms with Gasteiger partial charge in [-0.25, -0.2) is 0 Å². The fourth-order valence-corrected chi connectivity index (χ4v) is 0. The van der Waals surface area contributed by atoms with E-state index in [-0.39, 0.29) is 6.54 Å². The maximum atomic E-state index is 8.48. The largest absolute Gasteiger partial charge is 0.375 e. The summed E-state index contributed by atoms with van der Waals surface area (Å²) in [6, 6.07) is 0. The van der Waals surface area contributed by atoms with Crippen molar-refractivity contribution in [3.8, 4) is 0 Å². The molecule has 38 valence electrons. The predicted octanol–water partition coefficient (Wildman–Crippen LogP) is -1.39. The Morgan fingerprint density at radius 1 is 1.83 bits per heavy atom. The lowest BCUT2D eigenvalue weighted by atomic mass is 10.3. The average molecular weight is 90.1 g/mol. The molecule has 0 radical (unpaired) electrons. The van der Waals surface area contributed by atoms with Crippen LogP contribution in [0.25, 0.3) is 0 Å². The van der Waals surface area contributed by atoms with Gasteiger partial charge < -0.3 is 16.6 Å². The van der Waals surface area contributed by atoms with Crippen molar-refractivity contribution >= 4 is 0 Å². The summed E-state index contributed by atoms with van der Waals surface area (Å²) in [6.45, 7) is 1.56. The highest BCUT2D eigenvalue weighted by Crippen LogP contribution is 1.82. The summed E-state index contributed by atoms with van der Waals surface area (Å²) in [7, 11) is 0. The molecule has 0 aliphatic carbocycles. The molecule has 1 unspecified atom stereocenters. The highest BCUT2D eigenvalue weighted by atomic mass is 16.3. The van der Waals surface area contributed by atoms with Crippen molar-refractivity contribution < 1.29 is 5.11 Å². The molecule has 0 saturated carbocycles. The maximum Gasteiger partial charge on any atom is 0.123 e. The summed E-state index contributed by atoms with van der Waals surface area (Å²) in [5.74, 6) is 0. The third-order valence-corrected chi connectivity index (χ3v) is 0.413. The van der Waals surface area contributed by atoms with Crippen LogP contribution in [-0.2, 0) is 0 Å². The highest BCUT2D eigenvalue weighted by Gasteiger charge is 2.06. The molecule has 6 heavy (non-hydrogen) atoms. The van der Waals surface area contributed by atoms with E-state index >= 15 is 0 Å². The number of rotatable bonds is 1. The molecular weight excluding hydrogens is 80.0 g/mol. The standard InChI is InChI=1S/C3H10N2O/c1-3(5,6)2-4/h6H,2,4-5H2,1H3. The molecule has 0 fully saturated rings. The fraction of sp³-hybridized carbons (Fsp3) is 1.00. The topological polar surface area (TPSA) is 72.3 Å². The van der Waals surface area contributed by atoms with E-state index < -0.39 is 5.72 Å². The van der Waals surface area contributed by atoms with E-state index in [9.17, 15) is 0 Å². The van der Waals surface area contributed by atoms with Crippen LogP contribution in [0.3, 0.4) is 0 Å². The van der Waals surface area contributed by atoms with Gasteiger partial charge in [-0.1, -0.05) is 0 Å². The molecule has 0 bridgehead atoms. The average Bonchev–Trinajstić information content (AvgIpc) is 1.35. The summed E-state index contributed by atoms with van der Waals surface area (Å²) in [5.41, 5.74) is 8.72. The lowest BCUT2D eigenvalue weighted by molar-refractivity contribution is 0.0766. The first kappa shape index (κ1) is 5.88. The van der Waals surface area contributed by atoms with E-state index in [1.807, 2.05) is 0 Å². The van der Waals surface area contributed by atoms with Gasteiger partial charge in [-0.2, -0.15) is 0 Å². The fourth-order valence-electron chi connectivity index (χ4n) is 0. The van der Waals surface area contributed by atoms with Crippen molar-refractivity contribution in [2.45, 2.75) is 12.6 Å². The minimum atomic E-state index is -1.18. The molecule has 3 nitrogen and oxygen atoms in total. The smallest absolute Gasteiger partial charge is 0.123 e. The quantitative estimate of drug-likeness (QED) is 0.347. The number of hydrogen-bond acceptors (Lipinski definition) is 3. The Morgan fingerprint density at radius 2 is 2.00 bits per heavy atom. The van der Waals surface area contributed by atoms with Gasteiger partial charge in [0, 0.05) is 6.54 Å². The number of nitrogens with two attached hydrogens (primary N) is 2. The summed E-state index contributed by atoms with van der Waals surface area (Å²) < 4.78 is 0. The van der Waals surface area contributed by atoms with Crippen LogP contribution >= 0.6 is 0 Å². The van der Waals surface area contributed by atoms with Gasteiger partial charge in [0.25, 0.3) is 0 Å². The molecule has 5 N–H and O–H groups in total. The van der Waals surface area contributed by atoms with Crippen LogP contribution in [0.5, 0.6) is 0 Å². The normalized spacial score (nSPS) is 20.0. The first-order valence-electron chi connectivity index (χ1n) is 1.77. The van der Waals surface area contributed by atoms with Crippen LogP contribution in [0, 0.1) is 0 Å². The minimum Gasteiger partial charge on any atom is -0.375 e. The summed E-state index contributed by atoms with van der Waals surface area (Å²) in [6.07, 6.45) is 0. The highest BCUT2D eigenvalue weighted by molar-refractivity contribution is 4.60. The second-order valence-corrected chi connectivity index (χ2v) is 1.56. The molecular formula is C3H10N2O. The van der Waals surface area contributed by atoms with Crippen LogP contribution < -0.4 is 11.5 Å². The molecule has 0 aliphatic rings. The van der Waals surface area contributed by atoms with Crippen molar-refractivity contribution in [2.75, 3.05) is 6.54 Å². The van der Waals surface area contributed by atoms with Gasteiger partial charge in [0.1, 0.15) is 5.72 Å². The number of aliphatic hydroxyl groups is 1. The van der Waals surface area contributed by atoms with Gasteiger partial charge in [-0.3, -0.25) is 0 Å². The van der Waals surface area contributed by atoms with E-state index in [4.69, 9.17) is 16.6 Å². The first-order chi connectivity index (χ1) is 2.56. The Hall–Kier alpha value is -0.120. The van der Waals surface area contributed by atoms with Gasteiger partial charge in [-0.15, -0.1) is 0 Å². The van der Waals surface area contributed by atoms with Gasteiger partial charge in [0.15, 0.2) is 0 Å². The molecule has 0 aromatic rings. The Morgan fingerprint density at radius 3 is 2.00 bits per heavy atom. The third kappa shape index (κ3) is 3.88. The van der Waals surface area contributed by atoms with Gasteiger partial charge in [0.2, 0.25) is 0 Å². The van der Waals surface area contributed by atoms with E-state index in [0.717, 1.165) is 0 Å². The van der Waals surface area contributed by atoms with E-state index in [1.165, 1.54) is 6.92 Å². The molecule has 0 heterocycles. The van der Waals surface area contributed by atoms with Crippen molar-refractivity contribution in [1.82, 2.24) is 0 Å². The SMILES string of the molecule is CC(N)(O)CN. The first-order valence-corrected chi connectivity index (χ1v) is 1.77. The van der Waals surface area contributed by atoms with Crippen molar-refractivity contribution in [2.24, 2.45) is 11.5 Å². The van der Waals surface area contributed by atoms with Crippen LogP contribution in [-0.4, -0.2) is 17.4 Å². The molecule has 3 heteroatoms. The Bertz CT molecular complexity index is 38.5. The van der Waals surface area contributed by atoms with Crippen LogP contribution in [0.1, 0.15) is 6.92 Å². The third-order valence-electron chi connectivity index (χ3n) is 0.413. The van der Waals surface area contributed by atoms with Crippen LogP contribution in [0.4, 0.5) is 0 Å². The maximum absolute atomic E-state index is 8.48. The van der Waals surface area contributed by atoms with E-state index in [2.05, 4.69) is 0 Å². The zero-order valence-electron chi connectivity index (χ0n) is 3.81. The van der Waals surface area contributed by atoms with Gasteiger partial charge >= 0.3 is 0 Å². The molecule has 0 spiro atoms. The summed E-state index contributed by atoms with van der Waals surface area (Å²) >= 11 is 0. The second-order valence-electron chi connectivity index (χ2n) is 1.56. The van der Waals surface area contributed by atoms with Crippen LogP contribution in [0.2, 0.25) is 0 Å². The Balaban J connectivity index is 3.17. The summed E-state index contributed by atoms with van der Waals surface area (Å²) in [4.78, 5) is 0. The molecule has 0 rings (SSSR count). The van der Waals surface area contributed by atoms with Crippen LogP contribution in [0.15, 0.2) is 0 Å².